The van der Waals surface area contributed by atoms with Crippen molar-refractivity contribution in [1.29, 1.82) is 0 Å². The Morgan fingerprint density at radius 3 is 2.93 bits per heavy atom. The molecule has 0 radical (unpaired) electrons. The van der Waals surface area contributed by atoms with E-state index in [1.165, 1.54) is 10.4 Å². The molecule has 0 aliphatic carbocycles. The Balaban J connectivity index is 1.96. The number of aryl methyl sites for hydroxylation is 1. The summed E-state index contributed by atoms with van der Waals surface area (Å²) in [5.74, 6) is 0.907. The fourth-order valence-electron chi connectivity index (χ4n) is 1.24. The normalized spacial score (nSPS) is 10.3. The van der Waals surface area contributed by atoms with Crippen LogP contribution in [-0.4, -0.2) is 4.98 Å². The van der Waals surface area contributed by atoms with Crippen LogP contribution in [0.25, 0.3) is 0 Å². The molecular weight excluding hydrogens is 272 g/mol. The van der Waals surface area contributed by atoms with E-state index in [1.807, 2.05) is 12.1 Å². The summed E-state index contributed by atoms with van der Waals surface area (Å²) in [6.45, 7) is 2.95. The van der Waals surface area contributed by atoms with E-state index < -0.39 is 0 Å². The van der Waals surface area contributed by atoms with Crippen molar-refractivity contribution in [1.82, 2.24) is 4.98 Å². The monoisotopic (exact) mass is 282 g/mol. The molecule has 78 valence electrons. The third kappa shape index (κ3) is 3.04. The Kier molecular flexibility index (Phi) is 3.38. The molecule has 0 atom stereocenters. The van der Waals surface area contributed by atoms with E-state index in [0.29, 0.717) is 0 Å². The molecule has 2 aromatic heterocycles. The maximum absolute atomic E-state index is 4.25. The zero-order chi connectivity index (χ0) is 10.7. The molecule has 0 spiro atoms. The van der Waals surface area contributed by atoms with Gasteiger partial charge in [-0.2, -0.15) is 0 Å². The number of nitrogens with zero attached hydrogens (tertiary/aromatic N) is 1. The number of nitrogens with one attached hydrogen (secondary N) is 1. The Labute approximate surface area is 101 Å². The average molecular weight is 283 g/mol. The second kappa shape index (κ2) is 4.77. The van der Waals surface area contributed by atoms with Gasteiger partial charge in [-0.05, 0) is 52.0 Å². The molecule has 0 aliphatic rings. The smallest absolute Gasteiger partial charge is 0.126 e. The van der Waals surface area contributed by atoms with Crippen molar-refractivity contribution in [3.63, 3.8) is 0 Å². The van der Waals surface area contributed by atoms with Crippen LogP contribution in [0.5, 0.6) is 0 Å². The van der Waals surface area contributed by atoms with Crippen LogP contribution in [-0.2, 0) is 6.54 Å². The van der Waals surface area contributed by atoms with Gasteiger partial charge < -0.3 is 5.32 Å². The fourth-order valence-corrected chi connectivity index (χ4v) is 2.29. The first-order valence-electron chi connectivity index (χ1n) is 4.63. The van der Waals surface area contributed by atoms with Crippen molar-refractivity contribution < 1.29 is 0 Å². The SMILES string of the molecule is Cc1csc(CNc2ccc(Br)cn2)c1. The molecular formula is C11H11BrN2S. The van der Waals surface area contributed by atoms with Crippen molar-refractivity contribution in [2.45, 2.75) is 13.5 Å². The highest BCUT2D eigenvalue weighted by Crippen LogP contribution is 2.16. The van der Waals surface area contributed by atoms with Crippen LogP contribution in [0.2, 0.25) is 0 Å². The van der Waals surface area contributed by atoms with Crippen LogP contribution in [0.1, 0.15) is 10.4 Å². The number of rotatable bonds is 3. The quantitative estimate of drug-likeness (QED) is 0.926. The lowest BCUT2D eigenvalue weighted by Gasteiger charge is -2.02. The van der Waals surface area contributed by atoms with Gasteiger partial charge in [-0.25, -0.2) is 4.98 Å². The van der Waals surface area contributed by atoms with Crippen LogP contribution in [0.3, 0.4) is 0 Å². The third-order valence-corrected chi connectivity index (χ3v) is 3.48. The van der Waals surface area contributed by atoms with Crippen LogP contribution >= 0.6 is 27.3 Å². The molecule has 4 heteroatoms. The molecule has 0 saturated carbocycles. The number of hydrogen-bond donors (Lipinski definition) is 1. The number of pyridine rings is 1. The summed E-state index contributed by atoms with van der Waals surface area (Å²) in [5.41, 5.74) is 1.32. The molecule has 1 N–H and O–H groups in total. The predicted molar refractivity (Wildman–Crippen MR) is 68.3 cm³/mol. The highest BCUT2D eigenvalue weighted by molar-refractivity contribution is 9.10. The van der Waals surface area contributed by atoms with E-state index in [1.54, 1.807) is 17.5 Å². The Hall–Kier alpha value is -0.870. The van der Waals surface area contributed by atoms with E-state index in [-0.39, 0.29) is 0 Å². The van der Waals surface area contributed by atoms with E-state index in [0.717, 1.165) is 16.8 Å². The second-order valence-electron chi connectivity index (χ2n) is 3.31. The highest BCUT2D eigenvalue weighted by atomic mass is 79.9. The third-order valence-electron chi connectivity index (χ3n) is 1.96. The van der Waals surface area contributed by atoms with Gasteiger partial charge in [0.2, 0.25) is 0 Å². The topological polar surface area (TPSA) is 24.9 Å². The van der Waals surface area contributed by atoms with Crippen molar-refractivity contribution >= 4 is 33.1 Å². The molecule has 0 aromatic carbocycles. The lowest BCUT2D eigenvalue weighted by molar-refractivity contribution is 1.14. The molecule has 0 aliphatic heterocycles. The summed E-state index contributed by atoms with van der Waals surface area (Å²) in [6.07, 6.45) is 1.79. The summed E-state index contributed by atoms with van der Waals surface area (Å²) in [6, 6.07) is 6.13. The summed E-state index contributed by atoms with van der Waals surface area (Å²) < 4.78 is 1.00. The van der Waals surface area contributed by atoms with Crippen molar-refractivity contribution in [3.8, 4) is 0 Å². The maximum Gasteiger partial charge on any atom is 0.126 e. The minimum absolute atomic E-state index is 0.840. The van der Waals surface area contributed by atoms with E-state index in [4.69, 9.17) is 0 Å². The van der Waals surface area contributed by atoms with Crippen LogP contribution < -0.4 is 5.32 Å². The number of anilines is 1. The lowest BCUT2D eigenvalue weighted by atomic mass is 10.3. The molecule has 2 nitrogen and oxygen atoms in total. The molecule has 0 amide bonds. The molecule has 2 aromatic rings. The van der Waals surface area contributed by atoms with Gasteiger partial charge in [-0.1, -0.05) is 0 Å². The first-order valence-corrected chi connectivity index (χ1v) is 6.31. The Morgan fingerprint density at radius 2 is 2.33 bits per heavy atom. The highest BCUT2D eigenvalue weighted by Gasteiger charge is 1.97. The largest absolute Gasteiger partial charge is 0.365 e. The van der Waals surface area contributed by atoms with Gasteiger partial charge in [0.1, 0.15) is 5.82 Å². The Bertz CT molecular complexity index is 436. The van der Waals surface area contributed by atoms with Crippen molar-refractivity contribution in [2.75, 3.05) is 5.32 Å². The van der Waals surface area contributed by atoms with Crippen molar-refractivity contribution in [3.05, 3.63) is 44.7 Å². The lowest BCUT2D eigenvalue weighted by Crippen LogP contribution is -1.98. The summed E-state index contributed by atoms with van der Waals surface area (Å²) in [4.78, 5) is 5.58. The van der Waals surface area contributed by atoms with E-state index in [9.17, 15) is 0 Å². The number of halogens is 1. The predicted octanol–water partition coefficient (Wildman–Crippen LogP) is 3.83. The fraction of sp³-hybridized carbons (Fsp3) is 0.182. The summed E-state index contributed by atoms with van der Waals surface area (Å²) in [5, 5.41) is 5.44. The molecule has 0 fully saturated rings. The zero-order valence-corrected chi connectivity index (χ0v) is 10.7. The van der Waals surface area contributed by atoms with Gasteiger partial charge in [0, 0.05) is 15.5 Å². The molecule has 2 rings (SSSR count). The second-order valence-corrected chi connectivity index (χ2v) is 5.22. The van der Waals surface area contributed by atoms with Crippen LogP contribution in [0.15, 0.2) is 34.2 Å². The van der Waals surface area contributed by atoms with Gasteiger partial charge in [-0.15, -0.1) is 11.3 Å². The standard InChI is InChI=1S/C11H11BrN2S/c1-8-4-10(15-7-8)6-14-11-3-2-9(12)5-13-11/h2-5,7H,6H2,1H3,(H,13,14). The van der Waals surface area contributed by atoms with E-state index >= 15 is 0 Å². The van der Waals surface area contributed by atoms with Crippen LogP contribution in [0.4, 0.5) is 5.82 Å². The molecule has 0 bridgehead atoms. The van der Waals surface area contributed by atoms with Gasteiger partial charge in [0.05, 0.1) is 6.54 Å². The van der Waals surface area contributed by atoms with Crippen molar-refractivity contribution in [2.24, 2.45) is 0 Å². The van der Waals surface area contributed by atoms with Gasteiger partial charge in [0.25, 0.3) is 0 Å². The minimum atomic E-state index is 0.840. The first kappa shape index (κ1) is 10.6. The van der Waals surface area contributed by atoms with Gasteiger partial charge in [-0.3, -0.25) is 0 Å². The van der Waals surface area contributed by atoms with Gasteiger partial charge >= 0.3 is 0 Å². The number of thiophene rings is 1. The van der Waals surface area contributed by atoms with Crippen LogP contribution in [0, 0.1) is 6.92 Å². The zero-order valence-electron chi connectivity index (χ0n) is 8.33. The molecule has 0 saturated heterocycles. The maximum atomic E-state index is 4.25. The van der Waals surface area contributed by atoms with Gasteiger partial charge in [0.15, 0.2) is 0 Å². The summed E-state index contributed by atoms with van der Waals surface area (Å²) in [7, 11) is 0. The summed E-state index contributed by atoms with van der Waals surface area (Å²) >= 11 is 5.13. The molecule has 2 heterocycles. The molecule has 0 unspecified atom stereocenters. The first-order chi connectivity index (χ1) is 7.24. The average Bonchev–Trinajstić information content (AvgIpc) is 2.64. The number of hydrogen-bond acceptors (Lipinski definition) is 3. The Morgan fingerprint density at radius 1 is 1.47 bits per heavy atom. The minimum Gasteiger partial charge on any atom is -0.365 e. The number of aromatic nitrogens is 1. The van der Waals surface area contributed by atoms with E-state index in [2.05, 4.69) is 44.6 Å². The molecule has 15 heavy (non-hydrogen) atoms.